The Morgan fingerprint density at radius 1 is 1.47 bits per heavy atom. The molecule has 1 fully saturated rings. The van der Waals surface area contributed by atoms with Gasteiger partial charge in [-0.15, -0.1) is 0 Å². The van der Waals surface area contributed by atoms with Crippen molar-refractivity contribution in [1.82, 2.24) is 4.90 Å². The third-order valence-corrected chi connectivity index (χ3v) is 3.88. The lowest BCUT2D eigenvalue weighted by atomic mass is 9.91. The van der Waals surface area contributed by atoms with E-state index in [-0.39, 0.29) is 25.1 Å². The Hall–Kier alpha value is -2.90. The third kappa shape index (κ3) is 7.50. The van der Waals surface area contributed by atoms with E-state index in [0.717, 1.165) is 11.0 Å². The Morgan fingerprint density at radius 3 is 2.43 bits per heavy atom. The zero-order valence-electron chi connectivity index (χ0n) is 17.6. The highest BCUT2D eigenvalue weighted by Crippen LogP contribution is 2.41. The Bertz CT molecular complexity index is 741. The summed E-state index contributed by atoms with van der Waals surface area (Å²) >= 11 is 0. The number of halogens is 3. The molecule has 0 spiro atoms. The predicted octanol–water partition coefficient (Wildman–Crippen LogP) is 4.37. The van der Waals surface area contributed by atoms with Crippen LogP contribution >= 0.6 is 0 Å². The number of hydrogen-bond acceptors (Lipinski definition) is 6. The normalized spacial score (nSPS) is 19.5. The maximum absolute atomic E-state index is 13.3. The molecule has 11 heteroatoms. The number of likely N-dealkylation sites (tertiary alicyclic amines) is 1. The van der Waals surface area contributed by atoms with E-state index in [9.17, 15) is 28.1 Å². The van der Waals surface area contributed by atoms with E-state index >= 15 is 0 Å². The average molecular weight is 432 g/mol. The van der Waals surface area contributed by atoms with Gasteiger partial charge in [-0.1, -0.05) is 26.8 Å². The van der Waals surface area contributed by atoms with Gasteiger partial charge in [-0.05, 0) is 32.8 Å². The summed E-state index contributed by atoms with van der Waals surface area (Å²) in [5, 5.41) is 19.9. The summed E-state index contributed by atoms with van der Waals surface area (Å²) in [5.41, 5.74) is -2.68. The fraction of sp³-hybridized carbons (Fsp3) is 0.632. The summed E-state index contributed by atoms with van der Waals surface area (Å²) in [6.45, 7) is 9.71. The maximum Gasteiger partial charge on any atom is 0.391 e. The van der Waals surface area contributed by atoms with Crippen LogP contribution in [-0.4, -0.2) is 46.5 Å². The van der Waals surface area contributed by atoms with Gasteiger partial charge >= 0.3 is 17.8 Å². The molecule has 0 saturated carbocycles. The minimum absolute atomic E-state index is 0.0744. The lowest BCUT2D eigenvalue weighted by molar-refractivity contribution is -0.416. The van der Waals surface area contributed by atoms with Crippen LogP contribution in [0, 0.1) is 21.4 Å². The van der Waals surface area contributed by atoms with Gasteiger partial charge in [0.15, 0.2) is 6.61 Å². The minimum atomic E-state index is -4.76. The number of amidine groups is 1. The first kappa shape index (κ1) is 27.1. The highest BCUT2D eigenvalue weighted by Gasteiger charge is 2.57. The van der Waals surface area contributed by atoms with Gasteiger partial charge in [0.1, 0.15) is 11.6 Å². The topological polar surface area (TPSA) is 109 Å². The molecule has 1 saturated heterocycles. The SMILES string of the molecule is C=C(C)N=C(/C(=C\C)[N+](=O)[O-])N1CCCC1(CC(F)(F)F)C(=O)OCC#N.CCC. The van der Waals surface area contributed by atoms with Crippen molar-refractivity contribution in [3.63, 3.8) is 0 Å². The zero-order chi connectivity index (χ0) is 23.5. The molecule has 1 heterocycles. The predicted molar refractivity (Wildman–Crippen MR) is 105 cm³/mol. The first-order chi connectivity index (χ1) is 13.9. The van der Waals surface area contributed by atoms with Crippen molar-refractivity contribution >= 4 is 11.8 Å². The van der Waals surface area contributed by atoms with Crippen molar-refractivity contribution in [2.45, 2.75) is 65.1 Å². The van der Waals surface area contributed by atoms with Crippen molar-refractivity contribution in [1.29, 1.82) is 5.26 Å². The fourth-order valence-electron chi connectivity index (χ4n) is 2.97. The Labute approximate surface area is 173 Å². The van der Waals surface area contributed by atoms with E-state index in [1.54, 1.807) is 0 Å². The monoisotopic (exact) mass is 432 g/mol. The van der Waals surface area contributed by atoms with Crippen molar-refractivity contribution in [3.8, 4) is 6.07 Å². The number of nitro groups is 1. The highest BCUT2D eigenvalue weighted by molar-refractivity contribution is 6.00. The number of hydrogen-bond donors (Lipinski definition) is 0. The second-order valence-electron chi connectivity index (χ2n) is 6.62. The molecule has 1 rings (SSSR count). The van der Waals surface area contributed by atoms with Crippen molar-refractivity contribution in [3.05, 3.63) is 34.2 Å². The van der Waals surface area contributed by atoms with Gasteiger partial charge in [0.05, 0.1) is 11.3 Å². The van der Waals surface area contributed by atoms with Gasteiger partial charge in [0, 0.05) is 12.2 Å². The van der Waals surface area contributed by atoms with Crippen LogP contribution in [0.25, 0.3) is 0 Å². The average Bonchev–Trinajstić information content (AvgIpc) is 3.02. The van der Waals surface area contributed by atoms with E-state index in [1.807, 2.05) is 0 Å². The molecule has 30 heavy (non-hydrogen) atoms. The molecule has 0 aromatic rings. The minimum Gasteiger partial charge on any atom is -0.449 e. The standard InChI is InChI=1S/C16H19F3N4O4.C3H8/c1-4-12(23(25)26)13(21-11(2)3)22-8-5-6-15(22,10-16(17,18)19)14(24)27-9-7-20;1-3-2/h4H,2,5-6,8-10H2,1,3H3;3H2,1-2H3/b12-4+,21-13?;. The molecule has 0 amide bonds. The van der Waals surface area contributed by atoms with E-state index in [2.05, 4.69) is 30.2 Å². The van der Waals surface area contributed by atoms with Gasteiger partial charge in [0.2, 0.25) is 5.84 Å². The molecule has 0 bridgehead atoms. The molecule has 8 nitrogen and oxygen atoms in total. The second-order valence-corrected chi connectivity index (χ2v) is 6.62. The van der Waals surface area contributed by atoms with Crippen molar-refractivity contribution < 1.29 is 27.6 Å². The number of rotatable bonds is 6. The molecular weight excluding hydrogens is 405 g/mol. The van der Waals surface area contributed by atoms with E-state index in [4.69, 9.17) is 5.26 Å². The van der Waals surface area contributed by atoms with Crippen LogP contribution in [0.3, 0.4) is 0 Å². The van der Waals surface area contributed by atoms with Gasteiger partial charge in [-0.25, -0.2) is 9.79 Å². The number of carbonyl (C=O) groups is 1. The fourth-order valence-corrected chi connectivity index (χ4v) is 2.97. The van der Waals surface area contributed by atoms with Crippen LogP contribution < -0.4 is 0 Å². The molecule has 1 aliphatic heterocycles. The molecule has 1 atom stereocenters. The van der Waals surface area contributed by atoms with E-state index < -0.39 is 47.2 Å². The largest absolute Gasteiger partial charge is 0.449 e. The molecule has 1 aliphatic rings. The zero-order valence-corrected chi connectivity index (χ0v) is 17.6. The molecule has 0 aromatic heterocycles. The number of nitriles is 1. The molecule has 0 N–H and O–H groups in total. The van der Waals surface area contributed by atoms with Gasteiger partial charge in [-0.3, -0.25) is 10.1 Å². The molecule has 1 unspecified atom stereocenters. The highest BCUT2D eigenvalue weighted by atomic mass is 19.4. The first-order valence-electron chi connectivity index (χ1n) is 9.33. The Morgan fingerprint density at radius 2 is 2.03 bits per heavy atom. The van der Waals surface area contributed by atoms with Crippen LogP contribution in [0.4, 0.5) is 13.2 Å². The van der Waals surface area contributed by atoms with Gasteiger partial charge in [0.25, 0.3) is 0 Å². The molecular formula is C19H27F3N4O4. The van der Waals surface area contributed by atoms with Gasteiger partial charge < -0.3 is 9.64 Å². The van der Waals surface area contributed by atoms with Crippen LogP contribution in [0.5, 0.6) is 0 Å². The summed E-state index contributed by atoms with van der Waals surface area (Å²) in [6.07, 6.45) is -4.11. The molecule has 0 aromatic carbocycles. The number of ether oxygens (including phenoxy) is 1. The lowest BCUT2D eigenvalue weighted by Gasteiger charge is -2.37. The summed E-state index contributed by atoms with van der Waals surface area (Å²) in [6, 6.07) is 1.52. The van der Waals surface area contributed by atoms with Crippen LogP contribution in [0.15, 0.2) is 29.0 Å². The van der Waals surface area contributed by atoms with E-state index in [0.29, 0.717) is 0 Å². The summed E-state index contributed by atoms with van der Waals surface area (Å²) in [4.78, 5) is 28.0. The second kappa shape index (κ2) is 11.9. The molecule has 0 aliphatic carbocycles. The molecule has 168 valence electrons. The van der Waals surface area contributed by atoms with Gasteiger partial charge in [-0.2, -0.15) is 18.4 Å². The van der Waals surface area contributed by atoms with Crippen LogP contribution in [0.2, 0.25) is 0 Å². The quantitative estimate of drug-likeness (QED) is 0.203. The smallest absolute Gasteiger partial charge is 0.391 e. The lowest BCUT2D eigenvalue weighted by Crippen LogP contribution is -2.56. The third-order valence-electron chi connectivity index (χ3n) is 3.88. The van der Waals surface area contributed by atoms with Crippen LogP contribution in [-0.2, 0) is 9.53 Å². The Balaban J connectivity index is 0.00000263. The number of allylic oxidation sites excluding steroid dienone is 2. The van der Waals surface area contributed by atoms with E-state index in [1.165, 1.54) is 26.3 Å². The number of alkyl halides is 3. The number of aliphatic imine (C=N–C) groups is 1. The first-order valence-corrected chi connectivity index (χ1v) is 9.33. The Kier molecular flexibility index (Phi) is 10.8. The molecule has 0 radical (unpaired) electrons. The van der Waals surface area contributed by atoms with Crippen molar-refractivity contribution in [2.75, 3.05) is 13.2 Å². The summed E-state index contributed by atoms with van der Waals surface area (Å²) < 4.78 is 44.5. The summed E-state index contributed by atoms with van der Waals surface area (Å²) in [5.74, 6) is -1.67. The van der Waals surface area contributed by atoms with Crippen molar-refractivity contribution in [2.24, 2.45) is 4.99 Å². The maximum atomic E-state index is 13.3. The van der Waals surface area contributed by atoms with Crippen LogP contribution in [0.1, 0.15) is 53.4 Å². The number of nitrogens with zero attached hydrogens (tertiary/aromatic N) is 4. The number of carbonyl (C=O) groups excluding carboxylic acids is 1. The summed E-state index contributed by atoms with van der Waals surface area (Å²) in [7, 11) is 0. The number of esters is 1.